The highest BCUT2D eigenvalue weighted by molar-refractivity contribution is 5.68. The van der Waals surface area contributed by atoms with Gasteiger partial charge in [0.25, 0.3) is 0 Å². The molecular formula is C16H28F2N2O2. The largest absolute Gasteiger partial charge is 0.444 e. The molecular weight excluding hydrogens is 290 g/mol. The molecule has 0 aromatic carbocycles. The van der Waals surface area contributed by atoms with Crippen molar-refractivity contribution in [2.24, 2.45) is 0 Å². The quantitative estimate of drug-likeness (QED) is 0.850. The van der Waals surface area contributed by atoms with Crippen LogP contribution in [0.15, 0.2) is 0 Å². The van der Waals surface area contributed by atoms with Gasteiger partial charge in [0.15, 0.2) is 0 Å². The van der Waals surface area contributed by atoms with Gasteiger partial charge in [-0.3, -0.25) is 0 Å². The third-order valence-electron chi connectivity index (χ3n) is 4.44. The number of hydrogen-bond acceptors (Lipinski definition) is 3. The first-order valence-corrected chi connectivity index (χ1v) is 8.17. The minimum absolute atomic E-state index is 0.0517. The summed E-state index contributed by atoms with van der Waals surface area (Å²) in [7, 11) is 0. The SMILES string of the molecule is CC(C)(C)OC(=O)N1CCC(F)(CC2(F)CCNCC2)CC1. The van der Waals surface area contributed by atoms with Crippen molar-refractivity contribution in [2.75, 3.05) is 26.2 Å². The minimum atomic E-state index is -1.51. The molecule has 2 aliphatic heterocycles. The van der Waals surface area contributed by atoms with Crippen molar-refractivity contribution in [3.8, 4) is 0 Å². The number of rotatable bonds is 2. The molecule has 0 bridgehead atoms. The van der Waals surface area contributed by atoms with Gasteiger partial charge in [0.05, 0.1) is 0 Å². The third kappa shape index (κ3) is 4.80. The van der Waals surface area contributed by atoms with E-state index in [1.165, 1.54) is 4.90 Å². The zero-order chi connectivity index (χ0) is 16.4. The van der Waals surface area contributed by atoms with Crippen molar-refractivity contribution in [1.82, 2.24) is 10.2 Å². The zero-order valence-electron chi connectivity index (χ0n) is 13.9. The molecule has 22 heavy (non-hydrogen) atoms. The Bertz CT molecular complexity index is 395. The van der Waals surface area contributed by atoms with Crippen LogP contribution in [0.2, 0.25) is 0 Å². The molecule has 0 aromatic rings. The van der Waals surface area contributed by atoms with Gasteiger partial charge in [-0.25, -0.2) is 13.6 Å². The molecule has 2 rings (SSSR count). The van der Waals surface area contributed by atoms with E-state index in [4.69, 9.17) is 4.74 Å². The molecule has 2 fully saturated rings. The van der Waals surface area contributed by atoms with Crippen LogP contribution in [-0.4, -0.2) is 54.1 Å². The van der Waals surface area contributed by atoms with Gasteiger partial charge in [-0.2, -0.15) is 0 Å². The first kappa shape index (κ1) is 17.4. The maximum absolute atomic E-state index is 14.9. The summed E-state index contributed by atoms with van der Waals surface area (Å²) < 4.78 is 34.9. The molecule has 0 radical (unpaired) electrons. The maximum atomic E-state index is 14.9. The van der Waals surface area contributed by atoms with Gasteiger partial charge in [-0.15, -0.1) is 0 Å². The molecule has 0 aliphatic carbocycles. The number of carbonyl (C=O) groups is 1. The number of halogens is 2. The second-order valence-corrected chi connectivity index (χ2v) is 7.70. The first-order valence-electron chi connectivity index (χ1n) is 8.17. The number of carbonyl (C=O) groups excluding carboxylic acids is 1. The van der Waals surface area contributed by atoms with Crippen LogP contribution in [-0.2, 0) is 4.74 Å². The molecule has 0 unspecified atom stereocenters. The van der Waals surface area contributed by atoms with Gasteiger partial charge in [0, 0.05) is 19.5 Å². The van der Waals surface area contributed by atoms with Gasteiger partial charge in [0.2, 0.25) is 0 Å². The molecule has 128 valence electrons. The Balaban J connectivity index is 1.86. The summed E-state index contributed by atoms with van der Waals surface area (Å²) in [6.45, 7) is 7.21. The Kier molecular flexibility index (Phi) is 5.00. The summed E-state index contributed by atoms with van der Waals surface area (Å²) in [5, 5.41) is 3.10. The van der Waals surface area contributed by atoms with Crippen molar-refractivity contribution >= 4 is 6.09 Å². The predicted octanol–water partition coefficient (Wildman–Crippen LogP) is 3.21. The van der Waals surface area contributed by atoms with Crippen molar-refractivity contribution < 1.29 is 18.3 Å². The average Bonchev–Trinajstić information content (AvgIpc) is 2.37. The minimum Gasteiger partial charge on any atom is -0.444 e. The first-order chi connectivity index (χ1) is 10.1. The molecule has 0 aromatic heterocycles. The number of amides is 1. The fourth-order valence-corrected chi connectivity index (χ4v) is 3.21. The highest BCUT2D eigenvalue weighted by Crippen LogP contribution is 2.40. The second-order valence-electron chi connectivity index (χ2n) is 7.70. The maximum Gasteiger partial charge on any atom is 0.410 e. The van der Waals surface area contributed by atoms with Crippen LogP contribution in [0.3, 0.4) is 0 Å². The number of hydrogen-bond donors (Lipinski definition) is 1. The number of nitrogens with one attached hydrogen (secondary N) is 1. The van der Waals surface area contributed by atoms with E-state index in [2.05, 4.69) is 5.32 Å². The molecule has 1 N–H and O–H groups in total. The number of likely N-dealkylation sites (tertiary alicyclic amines) is 1. The van der Waals surface area contributed by atoms with Gasteiger partial charge in [0.1, 0.15) is 16.9 Å². The molecule has 0 spiro atoms. The number of ether oxygens (including phenoxy) is 1. The lowest BCUT2D eigenvalue weighted by molar-refractivity contribution is -0.0258. The van der Waals surface area contributed by atoms with Gasteiger partial charge >= 0.3 is 6.09 Å². The average molecular weight is 318 g/mol. The van der Waals surface area contributed by atoms with E-state index >= 15 is 0 Å². The van der Waals surface area contributed by atoms with Crippen molar-refractivity contribution in [1.29, 1.82) is 0 Å². The summed E-state index contributed by atoms with van der Waals surface area (Å²) in [4.78, 5) is 13.5. The Morgan fingerprint density at radius 2 is 1.59 bits per heavy atom. The van der Waals surface area contributed by atoms with Crippen LogP contribution in [0.25, 0.3) is 0 Å². The van der Waals surface area contributed by atoms with E-state index in [9.17, 15) is 13.6 Å². The Morgan fingerprint density at radius 3 is 2.09 bits per heavy atom. The summed E-state index contributed by atoms with van der Waals surface area (Å²) in [5.74, 6) is 0. The molecule has 0 atom stereocenters. The summed E-state index contributed by atoms with van der Waals surface area (Å²) in [6, 6.07) is 0. The van der Waals surface area contributed by atoms with E-state index < -0.39 is 23.0 Å². The zero-order valence-corrected chi connectivity index (χ0v) is 13.9. The second kappa shape index (κ2) is 6.30. The number of piperidine rings is 2. The Morgan fingerprint density at radius 1 is 1.09 bits per heavy atom. The van der Waals surface area contributed by atoms with E-state index in [1.54, 1.807) is 20.8 Å². The van der Waals surface area contributed by atoms with E-state index in [0.717, 1.165) is 0 Å². The fraction of sp³-hybridized carbons (Fsp3) is 0.938. The van der Waals surface area contributed by atoms with Crippen molar-refractivity contribution in [3.63, 3.8) is 0 Å². The lowest BCUT2D eigenvalue weighted by Crippen LogP contribution is -2.50. The van der Waals surface area contributed by atoms with E-state index in [0.29, 0.717) is 39.0 Å². The smallest absolute Gasteiger partial charge is 0.410 e. The van der Waals surface area contributed by atoms with Crippen LogP contribution >= 0.6 is 0 Å². The van der Waals surface area contributed by atoms with Crippen molar-refractivity contribution in [2.45, 2.75) is 69.8 Å². The summed E-state index contributed by atoms with van der Waals surface area (Å²) in [6.07, 6.45) is 0.648. The van der Waals surface area contributed by atoms with Crippen molar-refractivity contribution in [3.05, 3.63) is 0 Å². The molecule has 4 nitrogen and oxygen atoms in total. The van der Waals surface area contributed by atoms with Crippen LogP contribution < -0.4 is 5.32 Å². The molecule has 2 saturated heterocycles. The van der Waals surface area contributed by atoms with E-state index in [1.807, 2.05) is 0 Å². The highest BCUT2D eigenvalue weighted by atomic mass is 19.2. The fourth-order valence-electron chi connectivity index (χ4n) is 3.21. The normalized spacial score (nSPS) is 24.9. The molecule has 2 aliphatic rings. The van der Waals surface area contributed by atoms with Gasteiger partial charge in [-0.1, -0.05) is 0 Å². The molecule has 1 amide bonds. The predicted molar refractivity (Wildman–Crippen MR) is 81.4 cm³/mol. The molecule has 6 heteroatoms. The van der Waals surface area contributed by atoms with Gasteiger partial charge < -0.3 is 15.0 Å². The topological polar surface area (TPSA) is 41.6 Å². The van der Waals surface area contributed by atoms with Crippen LogP contribution in [0, 0.1) is 0 Å². The Hall–Kier alpha value is -0.910. The van der Waals surface area contributed by atoms with E-state index in [-0.39, 0.29) is 19.3 Å². The lowest BCUT2D eigenvalue weighted by atomic mass is 9.79. The van der Waals surface area contributed by atoms with Crippen LogP contribution in [0.5, 0.6) is 0 Å². The van der Waals surface area contributed by atoms with Gasteiger partial charge in [-0.05, 0) is 59.5 Å². The van der Waals surface area contributed by atoms with Crippen LogP contribution in [0.4, 0.5) is 13.6 Å². The number of alkyl halides is 2. The summed E-state index contributed by atoms with van der Waals surface area (Å²) in [5.41, 5.74) is -3.47. The highest BCUT2D eigenvalue weighted by Gasteiger charge is 2.45. The number of nitrogens with zero attached hydrogens (tertiary/aromatic N) is 1. The molecule has 2 heterocycles. The lowest BCUT2D eigenvalue weighted by Gasteiger charge is -2.41. The third-order valence-corrected chi connectivity index (χ3v) is 4.44. The Labute approximate surface area is 131 Å². The molecule has 0 saturated carbocycles. The monoisotopic (exact) mass is 318 g/mol. The summed E-state index contributed by atoms with van der Waals surface area (Å²) >= 11 is 0. The van der Waals surface area contributed by atoms with Crippen LogP contribution in [0.1, 0.15) is 52.9 Å². The standard InChI is InChI=1S/C16H28F2N2O2/c1-14(2,3)22-13(21)20-10-6-16(18,7-11-20)12-15(17)4-8-19-9-5-15/h19H,4-12H2,1-3H3.